The minimum absolute atomic E-state index is 0.0988. The van der Waals surface area contributed by atoms with Crippen LogP contribution >= 0.6 is 0 Å². The fourth-order valence-corrected chi connectivity index (χ4v) is 1.42. The van der Waals surface area contributed by atoms with Gasteiger partial charge in [0.25, 0.3) is 0 Å². The Morgan fingerprint density at radius 3 is 2.24 bits per heavy atom. The van der Waals surface area contributed by atoms with Crippen molar-refractivity contribution in [1.29, 1.82) is 0 Å². The molecular formula is C12H16O5. The first-order valence-electron chi connectivity index (χ1n) is 4.94. The smallest absolute Gasteiger partial charge is 0.334 e. The summed E-state index contributed by atoms with van der Waals surface area (Å²) in [6.45, 7) is 6.96. The topological polar surface area (TPSA) is 69.7 Å². The van der Waals surface area contributed by atoms with Gasteiger partial charge in [-0.2, -0.15) is 0 Å². The zero-order chi connectivity index (χ0) is 13.4. The number of hydrogen-bond acceptors (Lipinski definition) is 5. The molecule has 5 nitrogen and oxygen atoms in total. The van der Waals surface area contributed by atoms with E-state index in [1.165, 1.54) is 20.3 Å². The summed E-state index contributed by atoms with van der Waals surface area (Å²) >= 11 is 0. The average molecular weight is 240 g/mol. The van der Waals surface area contributed by atoms with Crippen molar-refractivity contribution in [2.24, 2.45) is 11.8 Å². The molecule has 0 aromatic carbocycles. The second-order valence-electron chi connectivity index (χ2n) is 3.34. The summed E-state index contributed by atoms with van der Waals surface area (Å²) in [6, 6.07) is 0. The lowest BCUT2D eigenvalue weighted by Gasteiger charge is -2.20. The van der Waals surface area contributed by atoms with Crippen molar-refractivity contribution in [3.05, 3.63) is 24.8 Å². The molecule has 0 aromatic rings. The molecule has 0 radical (unpaired) electrons. The molecular weight excluding hydrogens is 224 g/mol. The number of ether oxygens (including phenoxy) is 2. The van der Waals surface area contributed by atoms with E-state index in [-0.39, 0.29) is 12.0 Å². The van der Waals surface area contributed by atoms with Crippen LogP contribution in [-0.4, -0.2) is 32.4 Å². The maximum absolute atomic E-state index is 11.6. The number of carbonyl (C=O) groups excluding carboxylic acids is 3. The van der Waals surface area contributed by atoms with E-state index < -0.39 is 23.8 Å². The Morgan fingerprint density at radius 1 is 1.29 bits per heavy atom. The van der Waals surface area contributed by atoms with Crippen LogP contribution in [0.2, 0.25) is 0 Å². The SMILES string of the molecule is C=CC[C@@H](C=O)[C@H](C(=C)C(=O)OC)C(=O)OC. The predicted molar refractivity (Wildman–Crippen MR) is 61.0 cm³/mol. The molecule has 2 atom stereocenters. The van der Waals surface area contributed by atoms with Crippen LogP contribution in [0.25, 0.3) is 0 Å². The number of carbonyl (C=O) groups is 3. The van der Waals surface area contributed by atoms with E-state index in [1.54, 1.807) is 0 Å². The van der Waals surface area contributed by atoms with Gasteiger partial charge in [-0.05, 0) is 6.42 Å². The molecule has 0 unspecified atom stereocenters. The summed E-state index contributed by atoms with van der Waals surface area (Å²) in [5, 5.41) is 0. The van der Waals surface area contributed by atoms with Crippen molar-refractivity contribution >= 4 is 18.2 Å². The van der Waals surface area contributed by atoms with Gasteiger partial charge in [0.2, 0.25) is 0 Å². The maximum Gasteiger partial charge on any atom is 0.334 e. The Bertz CT molecular complexity index is 332. The van der Waals surface area contributed by atoms with Gasteiger partial charge in [-0.15, -0.1) is 6.58 Å². The summed E-state index contributed by atoms with van der Waals surface area (Å²) in [4.78, 5) is 33.8. The Balaban J connectivity index is 5.17. The van der Waals surface area contributed by atoms with Gasteiger partial charge in [0.15, 0.2) is 0 Å². The van der Waals surface area contributed by atoms with E-state index >= 15 is 0 Å². The standard InChI is InChI=1S/C12H16O5/c1-5-6-9(7-13)10(12(15)17-4)8(2)11(14)16-3/h5,7,9-10H,1-2,6H2,3-4H3/t9-,10-/m0/s1. The van der Waals surface area contributed by atoms with Gasteiger partial charge >= 0.3 is 11.9 Å². The average Bonchev–Trinajstić information content (AvgIpc) is 2.36. The summed E-state index contributed by atoms with van der Waals surface area (Å²) in [5.41, 5.74) is -0.0988. The highest BCUT2D eigenvalue weighted by Gasteiger charge is 2.34. The first-order valence-corrected chi connectivity index (χ1v) is 4.94. The predicted octanol–water partition coefficient (Wildman–Crippen LogP) is 0.896. The Hall–Kier alpha value is -1.91. The summed E-state index contributed by atoms with van der Waals surface area (Å²) < 4.78 is 9.03. The van der Waals surface area contributed by atoms with Gasteiger partial charge in [-0.3, -0.25) is 4.79 Å². The van der Waals surface area contributed by atoms with Crippen molar-refractivity contribution in [1.82, 2.24) is 0 Å². The monoisotopic (exact) mass is 240 g/mol. The first-order chi connectivity index (χ1) is 8.03. The Labute approximate surface area is 100 Å². The molecule has 0 fully saturated rings. The second-order valence-corrected chi connectivity index (χ2v) is 3.34. The molecule has 0 aliphatic carbocycles. The third-order valence-corrected chi connectivity index (χ3v) is 2.32. The number of hydrogen-bond donors (Lipinski definition) is 0. The van der Waals surface area contributed by atoms with Gasteiger partial charge in [0.05, 0.1) is 20.1 Å². The molecule has 17 heavy (non-hydrogen) atoms. The molecule has 0 rings (SSSR count). The third-order valence-electron chi connectivity index (χ3n) is 2.32. The van der Waals surface area contributed by atoms with Crippen molar-refractivity contribution in [2.75, 3.05) is 14.2 Å². The fourth-order valence-electron chi connectivity index (χ4n) is 1.42. The normalized spacial score (nSPS) is 13.1. The maximum atomic E-state index is 11.6. The molecule has 0 spiro atoms. The van der Waals surface area contributed by atoms with Crippen molar-refractivity contribution < 1.29 is 23.9 Å². The lowest BCUT2D eigenvalue weighted by molar-refractivity contribution is -0.149. The molecule has 0 saturated heterocycles. The van der Waals surface area contributed by atoms with E-state index in [0.717, 1.165) is 0 Å². The number of rotatable bonds is 7. The van der Waals surface area contributed by atoms with Crippen LogP contribution in [0.1, 0.15) is 6.42 Å². The van der Waals surface area contributed by atoms with E-state index in [1.807, 2.05) is 0 Å². The molecule has 0 heterocycles. The molecule has 0 N–H and O–H groups in total. The lowest BCUT2D eigenvalue weighted by Crippen LogP contribution is -2.30. The molecule has 0 bridgehead atoms. The number of methoxy groups -OCH3 is 2. The Morgan fingerprint density at radius 2 is 1.88 bits per heavy atom. The second kappa shape index (κ2) is 7.38. The minimum atomic E-state index is -1.04. The Kier molecular flexibility index (Phi) is 6.55. The first kappa shape index (κ1) is 15.1. The molecule has 0 amide bonds. The molecule has 0 aliphatic heterocycles. The van der Waals surface area contributed by atoms with E-state index in [2.05, 4.69) is 22.6 Å². The highest BCUT2D eigenvalue weighted by Crippen LogP contribution is 2.24. The largest absolute Gasteiger partial charge is 0.469 e. The van der Waals surface area contributed by atoms with Gasteiger partial charge in [0.1, 0.15) is 6.29 Å². The van der Waals surface area contributed by atoms with Crippen molar-refractivity contribution in [2.45, 2.75) is 6.42 Å². The highest BCUT2D eigenvalue weighted by molar-refractivity contribution is 5.96. The number of aldehydes is 1. The zero-order valence-electron chi connectivity index (χ0n) is 9.97. The molecule has 5 heteroatoms. The van der Waals surface area contributed by atoms with Crippen molar-refractivity contribution in [3.8, 4) is 0 Å². The molecule has 0 aliphatic rings. The van der Waals surface area contributed by atoms with Crippen molar-refractivity contribution in [3.63, 3.8) is 0 Å². The van der Waals surface area contributed by atoms with Crippen LogP contribution in [0, 0.1) is 11.8 Å². The van der Waals surface area contributed by atoms with Crippen LogP contribution in [0.3, 0.4) is 0 Å². The minimum Gasteiger partial charge on any atom is -0.469 e. The summed E-state index contributed by atoms with van der Waals surface area (Å²) in [5.74, 6) is -3.20. The third kappa shape index (κ3) is 3.86. The van der Waals surface area contributed by atoms with Gasteiger partial charge in [-0.1, -0.05) is 12.7 Å². The summed E-state index contributed by atoms with van der Waals surface area (Å²) in [7, 11) is 2.35. The van der Waals surface area contributed by atoms with Crippen LogP contribution in [0.4, 0.5) is 0 Å². The van der Waals surface area contributed by atoms with Gasteiger partial charge in [-0.25, -0.2) is 4.79 Å². The quantitative estimate of drug-likeness (QED) is 0.286. The molecule has 0 saturated carbocycles. The van der Waals surface area contributed by atoms with Crippen LogP contribution in [0.15, 0.2) is 24.8 Å². The van der Waals surface area contributed by atoms with E-state index in [0.29, 0.717) is 6.29 Å². The number of allylic oxidation sites excluding steroid dienone is 1. The van der Waals surface area contributed by atoms with Crippen LogP contribution in [-0.2, 0) is 23.9 Å². The van der Waals surface area contributed by atoms with E-state index in [4.69, 9.17) is 0 Å². The van der Waals surface area contributed by atoms with Gasteiger partial charge in [0, 0.05) is 11.5 Å². The van der Waals surface area contributed by atoms with Gasteiger partial charge < -0.3 is 14.3 Å². The highest BCUT2D eigenvalue weighted by atomic mass is 16.5. The fraction of sp³-hybridized carbons (Fsp3) is 0.417. The molecule has 0 aromatic heterocycles. The van der Waals surface area contributed by atoms with E-state index in [9.17, 15) is 14.4 Å². The summed E-state index contributed by atoms with van der Waals surface area (Å²) in [6.07, 6.45) is 2.32. The zero-order valence-corrected chi connectivity index (χ0v) is 9.97. The molecule has 94 valence electrons. The van der Waals surface area contributed by atoms with Crippen LogP contribution in [0.5, 0.6) is 0 Å². The number of esters is 2. The lowest BCUT2D eigenvalue weighted by atomic mass is 9.85. The van der Waals surface area contributed by atoms with Crippen LogP contribution < -0.4 is 0 Å².